The molecule has 2 N–H and O–H groups in total. The molecule has 11 rings (SSSR count). The van der Waals surface area contributed by atoms with Crippen LogP contribution in [0.1, 0.15) is 64.6 Å². The molecule has 3 aliphatic rings. The second kappa shape index (κ2) is 14.3. The highest BCUT2D eigenvalue weighted by molar-refractivity contribution is 6.09. The minimum Gasteiger partial charge on any atom is -0.396 e. The molecular formula is C51H34N8O3. The molecule has 0 bridgehead atoms. The van der Waals surface area contributed by atoms with Crippen LogP contribution >= 0.6 is 0 Å². The number of pyridine rings is 1. The van der Waals surface area contributed by atoms with Gasteiger partial charge in [-0.1, -0.05) is 31.2 Å². The number of hydrogen-bond acceptors (Lipinski definition) is 9. The fourth-order valence-corrected chi connectivity index (χ4v) is 8.70. The number of rotatable bonds is 9. The Kier molecular flexibility index (Phi) is 8.54. The van der Waals surface area contributed by atoms with Gasteiger partial charge in [0.15, 0.2) is 0 Å². The third-order valence-corrected chi connectivity index (χ3v) is 12.2. The molecule has 62 heavy (non-hydrogen) atoms. The third kappa shape index (κ3) is 6.17. The number of ether oxygens (including phenoxy) is 3. The van der Waals surface area contributed by atoms with Crippen LogP contribution in [0.15, 0.2) is 109 Å². The molecule has 6 heterocycles. The van der Waals surface area contributed by atoms with Crippen molar-refractivity contribution in [2.45, 2.75) is 31.7 Å². The van der Waals surface area contributed by atoms with E-state index in [-0.39, 0.29) is 18.3 Å². The van der Waals surface area contributed by atoms with Gasteiger partial charge in [0.05, 0.1) is 75.5 Å². The van der Waals surface area contributed by atoms with Gasteiger partial charge in [-0.15, -0.1) is 0 Å². The van der Waals surface area contributed by atoms with Gasteiger partial charge >= 0.3 is 0 Å². The van der Waals surface area contributed by atoms with Crippen LogP contribution in [-0.2, 0) is 14.2 Å². The van der Waals surface area contributed by atoms with Crippen molar-refractivity contribution in [2.24, 2.45) is 0 Å². The number of nitrogen functional groups attached to an aromatic ring is 1. The number of nitriles is 4. The van der Waals surface area contributed by atoms with E-state index in [1.54, 1.807) is 24.3 Å². The van der Waals surface area contributed by atoms with E-state index >= 15 is 0 Å². The second-order valence-corrected chi connectivity index (χ2v) is 15.9. The van der Waals surface area contributed by atoms with E-state index in [1.807, 2.05) is 30.5 Å². The van der Waals surface area contributed by atoms with E-state index in [0.717, 1.165) is 95.3 Å². The number of aromatic nitrogens is 3. The van der Waals surface area contributed by atoms with Crippen molar-refractivity contribution in [3.8, 4) is 57.9 Å². The highest BCUT2D eigenvalue weighted by Crippen LogP contribution is 2.43. The monoisotopic (exact) mass is 806 g/mol. The highest BCUT2D eigenvalue weighted by Gasteiger charge is 2.31. The summed E-state index contributed by atoms with van der Waals surface area (Å²) in [6, 6.07) is 40.2. The van der Waals surface area contributed by atoms with Crippen LogP contribution in [0, 0.1) is 45.3 Å². The fourth-order valence-electron chi connectivity index (χ4n) is 8.70. The molecule has 3 aromatic heterocycles. The summed E-state index contributed by atoms with van der Waals surface area (Å²) in [7, 11) is 0. The van der Waals surface area contributed by atoms with Crippen molar-refractivity contribution in [3.05, 3.63) is 148 Å². The maximum absolute atomic E-state index is 9.79. The second-order valence-electron chi connectivity index (χ2n) is 15.9. The first-order chi connectivity index (χ1) is 30.4. The van der Waals surface area contributed by atoms with Crippen LogP contribution in [0.5, 0.6) is 0 Å². The molecule has 0 amide bonds. The summed E-state index contributed by atoms with van der Waals surface area (Å²) in [5.74, 6) is 0. The first kappa shape index (κ1) is 37.0. The molecule has 3 unspecified atom stereocenters. The molecule has 296 valence electrons. The zero-order chi connectivity index (χ0) is 42.2. The van der Waals surface area contributed by atoms with Gasteiger partial charge in [-0.25, -0.2) is 0 Å². The Bertz CT molecular complexity index is 3450. The van der Waals surface area contributed by atoms with Crippen molar-refractivity contribution >= 4 is 44.6 Å². The van der Waals surface area contributed by atoms with Crippen molar-refractivity contribution in [1.82, 2.24) is 14.1 Å². The lowest BCUT2D eigenvalue weighted by molar-refractivity contribution is 0.415. The summed E-state index contributed by atoms with van der Waals surface area (Å²) in [6.07, 6.45) is 4.81. The van der Waals surface area contributed by atoms with Gasteiger partial charge in [0.1, 0.15) is 42.6 Å². The first-order valence-electron chi connectivity index (χ1n) is 20.4. The molecular weight excluding hydrogens is 773 g/mol. The van der Waals surface area contributed by atoms with Gasteiger partial charge in [-0.05, 0) is 119 Å². The SMILES string of the molecule is CC/C(=C\c1c(N)c2cc(-c3ccc(C#N)c(C#N)c3)ccc2n1-c1cc(C2CO2)cc(-n2c3ccc(-c4ccc(C#N)c(C#N)c4)cc3c3ncc(C4CO4)cc32)c1)C1CO1. The van der Waals surface area contributed by atoms with Crippen LogP contribution in [-0.4, -0.2) is 40.0 Å². The average Bonchev–Trinajstić information content (AvgIpc) is 4.17. The van der Waals surface area contributed by atoms with E-state index in [4.69, 9.17) is 24.9 Å². The minimum absolute atomic E-state index is 0.00818. The third-order valence-electron chi connectivity index (χ3n) is 12.2. The number of nitrogens with two attached hydrogens (primary N) is 1. The van der Waals surface area contributed by atoms with Crippen LogP contribution in [0.25, 0.3) is 72.5 Å². The lowest BCUT2D eigenvalue weighted by Crippen LogP contribution is -2.04. The average molecular weight is 807 g/mol. The zero-order valence-electron chi connectivity index (χ0n) is 33.4. The number of anilines is 1. The van der Waals surface area contributed by atoms with Crippen LogP contribution in [0.3, 0.4) is 0 Å². The zero-order valence-corrected chi connectivity index (χ0v) is 33.4. The maximum Gasteiger partial charge on any atom is 0.108 e. The Morgan fingerprint density at radius 1 is 0.629 bits per heavy atom. The van der Waals surface area contributed by atoms with E-state index in [2.05, 4.69) is 94.9 Å². The molecule has 3 fully saturated rings. The number of epoxide rings is 3. The Morgan fingerprint density at radius 2 is 1.16 bits per heavy atom. The molecule has 0 saturated carbocycles. The van der Waals surface area contributed by atoms with Gasteiger partial charge in [-0.3, -0.25) is 4.98 Å². The minimum atomic E-state index is -0.0748. The summed E-state index contributed by atoms with van der Waals surface area (Å²) in [5, 5.41) is 40.5. The number of nitrogens with zero attached hydrogens (tertiary/aromatic N) is 7. The summed E-state index contributed by atoms with van der Waals surface area (Å²) in [4.78, 5) is 5.04. The van der Waals surface area contributed by atoms with Crippen molar-refractivity contribution < 1.29 is 14.2 Å². The lowest BCUT2D eigenvalue weighted by Gasteiger charge is -2.16. The summed E-state index contributed by atoms with van der Waals surface area (Å²) in [6.45, 7) is 4.05. The number of hydrogen-bond donors (Lipinski definition) is 1. The molecule has 0 radical (unpaired) electrons. The van der Waals surface area contributed by atoms with Crippen molar-refractivity contribution in [1.29, 1.82) is 21.0 Å². The molecule has 11 nitrogen and oxygen atoms in total. The quantitative estimate of drug-likeness (QED) is 0.139. The highest BCUT2D eigenvalue weighted by atomic mass is 16.6. The van der Waals surface area contributed by atoms with E-state index in [1.165, 1.54) is 0 Å². The Balaban J connectivity index is 1.14. The molecule has 11 heteroatoms. The Morgan fingerprint density at radius 3 is 1.73 bits per heavy atom. The first-order valence-corrected chi connectivity index (χ1v) is 20.4. The number of benzene rings is 5. The van der Waals surface area contributed by atoms with E-state index in [0.29, 0.717) is 47.8 Å². The summed E-state index contributed by atoms with van der Waals surface area (Å²) in [5.41, 5.74) is 21.9. The molecule has 0 spiro atoms. The summed E-state index contributed by atoms with van der Waals surface area (Å²) < 4.78 is 21.9. The molecule has 3 atom stereocenters. The standard InChI is InChI=1S/C51H34N8O3/c1-2-28(47-25-60-47)17-45-50(56)41-15-31(29-3-5-33(20-52)36(11-29)22-54)7-9-43(41)58(45)39-13-35(48-26-61-48)14-40(19-39)59-44-10-8-32(30-4-6-34(21-53)37(12-30)23-55)16-42(44)51-46(59)18-38(24-57-51)49-27-62-49/h3-19,24,47-49H,2,25-27,56H2,1H3/b28-17+. The van der Waals surface area contributed by atoms with Gasteiger partial charge in [0.25, 0.3) is 0 Å². The smallest absolute Gasteiger partial charge is 0.108 e. The maximum atomic E-state index is 9.79. The Hall–Kier alpha value is -8.03. The van der Waals surface area contributed by atoms with Crippen LogP contribution in [0.2, 0.25) is 0 Å². The van der Waals surface area contributed by atoms with E-state index in [9.17, 15) is 21.0 Å². The molecule has 8 aromatic rings. The largest absolute Gasteiger partial charge is 0.396 e. The number of fused-ring (bicyclic) bond motifs is 4. The lowest BCUT2D eigenvalue weighted by atomic mass is 9.99. The Labute approximate surface area is 355 Å². The summed E-state index contributed by atoms with van der Waals surface area (Å²) >= 11 is 0. The molecule has 3 aliphatic heterocycles. The van der Waals surface area contributed by atoms with Crippen molar-refractivity contribution in [2.75, 3.05) is 25.6 Å². The molecule has 3 saturated heterocycles. The molecule has 5 aromatic carbocycles. The topological polar surface area (TPSA) is 182 Å². The van der Waals surface area contributed by atoms with Gasteiger partial charge < -0.3 is 29.1 Å². The van der Waals surface area contributed by atoms with E-state index < -0.39 is 0 Å². The van der Waals surface area contributed by atoms with Gasteiger partial charge in [0.2, 0.25) is 0 Å². The van der Waals surface area contributed by atoms with Crippen molar-refractivity contribution in [3.63, 3.8) is 0 Å². The van der Waals surface area contributed by atoms with Gasteiger partial charge in [0, 0.05) is 33.9 Å². The van der Waals surface area contributed by atoms with Crippen LogP contribution < -0.4 is 5.73 Å². The fraction of sp³-hybridized carbons (Fsp3) is 0.157. The van der Waals surface area contributed by atoms with Gasteiger partial charge in [-0.2, -0.15) is 21.0 Å². The normalized spacial score (nSPS) is 17.7. The van der Waals surface area contributed by atoms with Crippen LogP contribution in [0.4, 0.5) is 5.69 Å². The molecule has 0 aliphatic carbocycles. The predicted octanol–water partition coefficient (Wildman–Crippen LogP) is 9.86. The predicted molar refractivity (Wildman–Crippen MR) is 235 cm³/mol.